The Morgan fingerprint density at radius 3 is 2.74 bits per heavy atom. The Morgan fingerprint density at radius 2 is 2.16 bits per heavy atom. The summed E-state index contributed by atoms with van der Waals surface area (Å²) in [6.45, 7) is 5.99. The third-order valence-corrected chi connectivity index (χ3v) is 2.70. The van der Waals surface area contributed by atoms with Gasteiger partial charge >= 0.3 is 0 Å². The Labute approximate surface area is 117 Å². The maximum atomic E-state index is 5.59. The summed E-state index contributed by atoms with van der Waals surface area (Å²) >= 11 is 4.93. The second-order valence-corrected chi connectivity index (χ2v) is 4.95. The van der Waals surface area contributed by atoms with E-state index in [9.17, 15) is 0 Å². The van der Waals surface area contributed by atoms with Crippen molar-refractivity contribution in [1.82, 2.24) is 19.7 Å². The molecule has 0 aromatic carbocycles. The summed E-state index contributed by atoms with van der Waals surface area (Å²) in [6.07, 6.45) is 3.63. The predicted octanol–water partition coefficient (Wildman–Crippen LogP) is 1.94. The summed E-state index contributed by atoms with van der Waals surface area (Å²) < 4.78 is 1.85. The molecule has 0 saturated heterocycles. The molecule has 19 heavy (non-hydrogen) atoms. The van der Waals surface area contributed by atoms with Crippen molar-refractivity contribution in [3.8, 4) is 0 Å². The molecule has 0 aliphatic rings. The van der Waals surface area contributed by atoms with Crippen LogP contribution in [0.1, 0.15) is 31.3 Å². The van der Waals surface area contributed by atoms with E-state index in [0.717, 1.165) is 11.4 Å². The number of nitrogens with one attached hydrogen (secondary N) is 1. The number of rotatable bonds is 4. The van der Waals surface area contributed by atoms with E-state index >= 15 is 0 Å². The molecule has 2 aromatic heterocycles. The van der Waals surface area contributed by atoms with Gasteiger partial charge in [-0.1, -0.05) is 12.2 Å². The quantitative estimate of drug-likeness (QED) is 0.831. The predicted molar refractivity (Wildman–Crippen MR) is 78.6 cm³/mol. The first-order valence-electron chi connectivity index (χ1n) is 5.92. The average Bonchev–Trinajstić information content (AvgIpc) is 2.76. The van der Waals surface area contributed by atoms with Gasteiger partial charge in [-0.2, -0.15) is 5.10 Å². The summed E-state index contributed by atoms with van der Waals surface area (Å²) in [5, 5.41) is 7.33. The highest BCUT2D eigenvalue weighted by molar-refractivity contribution is 7.80. The first-order valence-corrected chi connectivity index (χ1v) is 6.33. The van der Waals surface area contributed by atoms with E-state index in [-0.39, 0.29) is 4.99 Å². The van der Waals surface area contributed by atoms with Crippen LogP contribution in [-0.2, 0) is 0 Å². The molecule has 100 valence electrons. The van der Waals surface area contributed by atoms with E-state index in [0.29, 0.717) is 17.7 Å². The third kappa shape index (κ3) is 3.25. The molecule has 7 heteroatoms. The molecule has 0 aliphatic carbocycles. The number of anilines is 2. The second kappa shape index (κ2) is 5.31. The van der Waals surface area contributed by atoms with Gasteiger partial charge in [0.2, 0.25) is 5.95 Å². The standard InChI is InChI=1S/C12H16N6S/c1-7(2)18-6-9(5-14-18)16-12-15-8(3)4-10(17-12)11(13)19/h4-7H,1-3H3,(H2,13,19)(H,15,16,17). The smallest absolute Gasteiger partial charge is 0.228 e. The number of aromatic nitrogens is 4. The molecule has 2 aromatic rings. The van der Waals surface area contributed by atoms with Gasteiger partial charge in [-0.05, 0) is 26.8 Å². The van der Waals surface area contributed by atoms with Gasteiger partial charge in [-0.25, -0.2) is 9.97 Å². The van der Waals surface area contributed by atoms with Crippen molar-refractivity contribution in [2.45, 2.75) is 26.8 Å². The molecular formula is C12H16N6S. The van der Waals surface area contributed by atoms with Crippen molar-refractivity contribution in [1.29, 1.82) is 0 Å². The van der Waals surface area contributed by atoms with E-state index in [2.05, 4.69) is 34.2 Å². The maximum absolute atomic E-state index is 5.59. The van der Waals surface area contributed by atoms with Crippen molar-refractivity contribution in [2.24, 2.45) is 5.73 Å². The highest BCUT2D eigenvalue weighted by Crippen LogP contribution is 2.15. The van der Waals surface area contributed by atoms with Crippen molar-refractivity contribution >= 4 is 28.8 Å². The van der Waals surface area contributed by atoms with Crippen LogP contribution < -0.4 is 11.1 Å². The van der Waals surface area contributed by atoms with Gasteiger partial charge < -0.3 is 11.1 Å². The summed E-state index contributed by atoms with van der Waals surface area (Å²) in [5.41, 5.74) is 7.77. The largest absolute Gasteiger partial charge is 0.388 e. The SMILES string of the molecule is Cc1cc(C(N)=S)nc(Nc2cnn(C(C)C)c2)n1. The van der Waals surface area contributed by atoms with Gasteiger partial charge in [0.15, 0.2) is 0 Å². The van der Waals surface area contributed by atoms with Crippen LogP contribution in [0.2, 0.25) is 0 Å². The van der Waals surface area contributed by atoms with Crippen molar-refractivity contribution < 1.29 is 0 Å². The van der Waals surface area contributed by atoms with Crippen LogP contribution in [0.5, 0.6) is 0 Å². The lowest BCUT2D eigenvalue weighted by molar-refractivity contribution is 0.532. The van der Waals surface area contributed by atoms with E-state index in [1.54, 1.807) is 12.3 Å². The molecule has 0 aliphatic heterocycles. The van der Waals surface area contributed by atoms with Crippen molar-refractivity contribution in [3.63, 3.8) is 0 Å². The van der Waals surface area contributed by atoms with Gasteiger partial charge in [0.25, 0.3) is 0 Å². The highest BCUT2D eigenvalue weighted by atomic mass is 32.1. The lowest BCUT2D eigenvalue weighted by Gasteiger charge is -2.06. The lowest BCUT2D eigenvalue weighted by atomic mass is 10.3. The van der Waals surface area contributed by atoms with Crippen LogP contribution in [0.3, 0.4) is 0 Å². The molecular weight excluding hydrogens is 260 g/mol. The first-order chi connectivity index (χ1) is 8.95. The molecule has 0 unspecified atom stereocenters. The molecule has 0 radical (unpaired) electrons. The fourth-order valence-electron chi connectivity index (χ4n) is 1.56. The van der Waals surface area contributed by atoms with E-state index < -0.39 is 0 Å². The van der Waals surface area contributed by atoms with Crippen LogP contribution in [0.4, 0.5) is 11.6 Å². The normalized spacial score (nSPS) is 10.7. The summed E-state index contributed by atoms with van der Waals surface area (Å²) in [6, 6.07) is 2.06. The monoisotopic (exact) mass is 276 g/mol. The van der Waals surface area contributed by atoms with Crippen LogP contribution in [-0.4, -0.2) is 24.7 Å². The van der Waals surface area contributed by atoms with E-state index in [4.69, 9.17) is 18.0 Å². The van der Waals surface area contributed by atoms with Crippen LogP contribution in [0.25, 0.3) is 0 Å². The molecule has 0 atom stereocenters. The zero-order chi connectivity index (χ0) is 14.0. The Bertz CT molecular complexity index is 604. The molecule has 2 heterocycles. The summed E-state index contributed by atoms with van der Waals surface area (Å²) in [7, 11) is 0. The summed E-state index contributed by atoms with van der Waals surface area (Å²) in [5.74, 6) is 0.464. The van der Waals surface area contributed by atoms with Gasteiger partial charge in [0.05, 0.1) is 11.9 Å². The Morgan fingerprint density at radius 1 is 1.42 bits per heavy atom. The number of hydrogen-bond donors (Lipinski definition) is 2. The van der Waals surface area contributed by atoms with Crippen molar-refractivity contribution in [2.75, 3.05) is 5.32 Å². The molecule has 0 spiro atoms. The first kappa shape index (κ1) is 13.4. The molecule has 0 fully saturated rings. The van der Waals surface area contributed by atoms with E-state index in [1.807, 2.05) is 17.8 Å². The lowest BCUT2D eigenvalue weighted by Crippen LogP contribution is -2.13. The molecule has 0 saturated carbocycles. The average molecular weight is 276 g/mol. The minimum atomic E-state index is 0.256. The van der Waals surface area contributed by atoms with Gasteiger partial charge in [0, 0.05) is 17.9 Å². The minimum absolute atomic E-state index is 0.256. The number of nitrogens with two attached hydrogens (primary N) is 1. The third-order valence-electron chi connectivity index (χ3n) is 2.49. The van der Waals surface area contributed by atoms with Crippen molar-refractivity contribution in [3.05, 3.63) is 29.8 Å². The molecule has 3 N–H and O–H groups in total. The van der Waals surface area contributed by atoms with Gasteiger partial charge in [-0.15, -0.1) is 0 Å². The maximum Gasteiger partial charge on any atom is 0.228 e. The summed E-state index contributed by atoms with van der Waals surface area (Å²) in [4.78, 5) is 8.80. The molecule has 6 nitrogen and oxygen atoms in total. The van der Waals surface area contributed by atoms with Gasteiger partial charge in [0.1, 0.15) is 10.7 Å². The number of aryl methyl sites for hydroxylation is 1. The van der Waals surface area contributed by atoms with Crippen LogP contribution >= 0.6 is 12.2 Å². The fourth-order valence-corrected chi connectivity index (χ4v) is 1.67. The Balaban J connectivity index is 2.24. The number of thiocarbonyl (C=S) groups is 1. The second-order valence-electron chi connectivity index (χ2n) is 4.51. The Hall–Kier alpha value is -2.02. The molecule has 0 bridgehead atoms. The van der Waals surface area contributed by atoms with Crippen LogP contribution in [0.15, 0.2) is 18.5 Å². The van der Waals surface area contributed by atoms with Gasteiger partial charge in [-0.3, -0.25) is 4.68 Å². The molecule has 0 amide bonds. The Kier molecular flexibility index (Phi) is 3.75. The van der Waals surface area contributed by atoms with Crippen LogP contribution in [0, 0.1) is 6.92 Å². The zero-order valence-corrected chi connectivity index (χ0v) is 11.9. The number of nitrogens with zero attached hydrogens (tertiary/aromatic N) is 4. The fraction of sp³-hybridized carbons (Fsp3) is 0.333. The molecule has 2 rings (SSSR count). The number of hydrogen-bond acceptors (Lipinski definition) is 5. The zero-order valence-electron chi connectivity index (χ0n) is 11.1. The minimum Gasteiger partial charge on any atom is -0.388 e. The van der Waals surface area contributed by atoms with E-state index in [1.165, 1.54) is 0 Å². The highest BCUT2D eigenvalue weighted by Gasteiger charge is 2.07. The topological polar surface area (TPSA) is 81.6 Å².